The number of oxazole rings is 1. The van der Waals surface area contributed by atoms with Gasteiger partial charge in [-0.25, -0.2) is 9.97 Å². The summed E-state index contributed by atoms with van der Waals surface area (Å²) in [6, 6.07) is 9.75. The number of amides is 1. The number of aryl methyl sites for hydroxylation is 1. The zero-order chi connectivity index (χ0) is 26.0. The highest BCUT2D eigenvalue weighted by Gasteiger charge is 2.22. The highest BCUT2D eigenvalue weighted by molar-refractivity contribution is 7.17. The van der Waals surface area contributed by atoms with Crippen LogP contribution in [0.4, 0.5) is 5.95 Å². The first-order chi connectivity index (χ1) is 17.7. The second kappa shape index (κ2) is 10.7. The van der Waals surface area contributed by atoms with Crippen molar-refractivity contribution in [3.8, 4) is 10.6 Å². The molecule has 1 aromatic carbocycles. The van der Waals surface area contributed by atoms with Crippen molar-refractivity contribution in [1.29, 1.82) is 0 Å². The maximum absolute atomic E-state index is 13.1. The number of carbonyl (C=O) groups excluding carboxylic acids is 1. The fraction of sp³-hybridized carbons (Fsp3) is 0.444. The average molecular weight is 523 g/mol. The van der Waals surface area contributed by atoms with E-state index in [-0.39, 0.29) is 5.91 Å². The lowest BCUT2D eigenvalue weighted by molar-refractivity contribution is 0.0630. The van der Waals surface area contributed by atoms with Gasteiger partial charge in [-0.1, -0.05) is 6.07 Å². The average Bonchev–Trinajstić information content (AvgIpc) is 3.58. The minimum absolute atomic E-state index is 0.261. The van der Waals surface area contributed by atoms with Crippen LogP contribution in [0.3, 0.4) is 0 Å². The zero-order valence-corrected chi connectivity index (χ0v) is 22.3. The minimum atomic E-state index is -0.985. The molecule has 1 fully saturated rings. The molecule has 0 bridgehead atoms. The van der Waals surface area contributed by atoms with E-state index in [0.717, 1.165) is 47.7 Å². The summed E-state index contributed by atoms with van der Waals surface area (Å²) in [6.45, 7) is 9.49. The molecule has 9 nitrogen and oxygen atoms in total. The van der Waals surface area contributed by atoms with Crippen LogP contribution in [0.15, 0.2) is 40.9 Å². The topological polar surface area (TPSA) is 117 Å². The van der Waals surface area contributed by atoms with E-state index in [1.807, 2.05) is 22.8 Å². The molecule has 1 unspecified atom stereocenters. The van der Waals surface area contributed by atoms with Gasteiger partial charge in [-0.2, -0.15) is 0 Å². The Morgan fingerprint density at radius 1 is 1.32 bits per heavy atom. The fourth-order valence-electron chi connectivity index (χ4n) is 4.68. The number of nitrogens with zero attached hydrogens (tertiary/aromatic N) is 3. The number of nitrogens with one attached hydrogen (secondary N) is 3. The van der Waals surface area contributed by atoms with Gasteiger partial charge >= 0.3 is 0 Å². The van der Waals surface area contributed by atoms with E-state index < -0.39 is 5.60 Å². The predicted molar refractivity (Wildman–Crippen MR) is 146 cm³/mol. The second-order valence-corrected chi connectivity index (χ2v) is 11.4. The number of anilines is 1. The van der Waals surface area contributed by atoms with Crippen LogP contribution in [0.1, 0.15) is 47.8 Å². The van der Waals surface area contributed by atoms with Crippen molar-refractivity contribution in [1.82, 2.24) is 25.2 Å². The standard InChI is InChI=1S/C27H34N6O3S/c1-17-30-15-22(36-17)23-8-9-24(37-23)25(34)32-26-31-20-11-18(12-29-14-19-5-4-10-28-13-19)6-7-21(20)33(26)16-27(2,3)35/h6-9,11,15,19,28-29,35H,4-5,10,12-14,16H2,1-3H3,(H,31,32,34). The third-order valence-electron chi connectivity index (χ3n) is 6.44. The third kappa shape index (κ3) is 6.27. The summed E-state index contributed by atoms with van der Waals surface area (Å²) in [5.41, 5.74) is 1.79. The number of carbonyl (C=O) groups is 1. The number of imidazole rings is 1. The van der Waals surface area contributed by atoms with Crippen molar-refractivity contribution in [2.45, 2.75) is 52.3 Å². The molecule has 196 valence electrons. The number of piperidine rings is 1. The van der Waals surface area contributed by atoms with E-state index in [9.17, 15) is 9.90 Å². The number of rotatable bonds is 9. The molecule has 5 rings (SSSR count). The van der Waals surface area contributed by atoms with Crippen LogP contribution in [0.25, 0.3) is 21.7 Å². The van der Waals surface area contributed by atoms with E-state index >= 15 is 0 Å². The molecule has 10 heteroatoms. The van der Waals surface area contributed by atoms with Crippen LogP contribution in [0.5, 0.6) is 0 Å². The Hall–Kier alpha value is -3.05. The molecule has 0 radical (unpaired) electrons. The Kier molecular flexibility index (Phi) is 7.43. The van der Waals surface area contributed by atoms with Crippen LogP contribution in [-0.4, -0.2) is 50.8 Å². The van der Waals surface area contributed by atoms with Gasteiger partial charge in [0.15, 0.2) is 11.7 Å². The lowest BCUT2D eigenvalue weighted by atomic mass is 10.00. The number of fused-ring (bicyclic) bond motifs is 1. The minimum Gasteiger partial charge on any atom is -0.440 e. The largest absolute Gasteiger partial charge is 0.440 e. The second-order valence-electron chi connectivity index (χ2n) is 10.4. The molecule has 37 heavy (non-hydrogen) atoms. The normalized spacial score (nSPS) is 16.4. The van der Waals surface area contributed by atoms with Gasteiger partial charge in [-0.15, -0.1) is 11.3 Å². The SMILES string of the molecule is Cc1ncc(-c2ccc(C(=O)Nc3nc4cc(CNCC5CCCNC5)ccc4n3CC(C)(C)O)s2)o1. The molecule has 1 amide bonds. The Labute approximate surface area is 220 Å². The number of aliphatic hydroxyl groups is 1. The first-order valence-electron chi connectivity index (χ1n) is 12.7. The van der Waals surface area contributed by atoms with E-state index in [1.165, 1.54) is 24.2 Å². The summed E-state index contributed by atoms with van der Waals surface area (Å²) in [5, 5.41) is 20.5. The fourth-order valence-corrected chi connectivity index (χ4v) is 5.53. The van der Waals surface area contributed by atoms with Crippen molar-refractivity contribution >= 4 is 34.2 Å². The zero-order valence-electron chi connectivity index (χ0n) is 21.5. The Bertz CT molecular complexity index is 1380. The summed E-state index contributed by atoms with van der Waals surface area (Å²) in [4.78, 5) is 23.4. The molecule has 1 aliphatic rings. The maximum atomic E-state index is 13.1. The summed E-state index contributed by atoms with van der Waals surface area (Å²) < 4.78 is 7.45. The highest BCUT2D eigenvalue weighted by Crippen LogP contribution is 2.30. The van der Waals surface area contributed by atoms with Crippen molar-refractivity contribution < 1.29 is 14.3 Å². The van der Waals surface area contributed by atoms with E-state index in [1.54, 1.807) is 33.0 Å². The van der Waals surface area contributed by atoms with Gasteiger partial charge in [0.2, 0.25) is 5.95 Å². The van der Waals surface area contributed by atoms with Crippen LogP contribution in [0.2, 0.25) is 0 Å². The van der Waals surface area contributed by atoms with Crippen molar-refractivity contribution in [2.24, 2.45) is 5.92 Å². The predicted octanol–water partition coefficient (Wildman–Crippen LogP) is 4.17. The first kappa shape index (κ1) is 25.6. The highest BCUT2D eigenvalue weighted by atomic mass is 32.1. The molecule has 4 heterocycles. The Morgan fingerprint density at radius 2 is 2.19 bits per heavy atom. The quantitative estimate of drug-likeness (QED) is 0.261. The van der Waals surface area contributed by atoms with Crippen LogP contribution in [0, 0.1) is 12.8 Å². The molecule has 0 aliphatic carbocycles. The van der Waals surface area contributed by atoms with Gasteiger partial charge in [0, 0.05) is 13.5 Å². The number of benzene rings is 1. The van der Waals surface area contributed by atoms with Gasteiger partial charge in [0.25, 0.3) is 5.91 Å². The maximum Gasteiger partial charge on any atom is 0.268 e. The third-order valence-corrected chi connectivity index (χ3v) is 7.54. The molecule has 4 aromatic rings. The summed E-state index contributed by atoms with van der Waals surface area (Å²) >= 11 is 1.33. The lowest BCUT2D eigenvalue weighted by Crippen LogP contribution is -2.35. The van der Waals surface area contributed by atoms with Gasteiger partial charge in [-0.05, 0) is 82.1 Å². The monoisotopic (exact) mass is 522 g/mol. The molecular formula is C27H34N6O3S. The number of hydrogen-bond acceptors (Lipinski definition) is 8. The number of thiophene rings is 1. The van der Waals surface area contributed by atoms with Crippen molar-refractivity contribution in [3.63, 3.8) is 0 Å². The summed E-state index contributed by atoms with van der Waals surface area (Å²) in [5.74, 6) is 2.02. The van der Waals surface area contributed by atoms with E-state index in [2.05, 4.69) is 27.0 Å². The van der Waals surface area contributed by atoms with Crippen molar-refractivity contribution in [2.75, 3.05) is 25.0 Å². The molecule has 0 saturated carbocycles. The van der Waals surface area contributed by atoms with Crippen molar-refractivity contribution in [3.05, 3.63) is 52.9 Å². The Morgan fingerprint density at radius 3 is 2.92 bits per heavy atom. The molecule has 1 atom stereocenters. The van der Waals surface area contributed by atoms with E-state index in [0.29, 0.717) is 34.9 Å². The summed E-state index contributed by atoms with van der Waals surface area (Å²) in [7, 11) is 0. The molecule has 4 N–H and O–H groups in total. The first-order valence-corrected chi connectivity index (χ1v) is 13.5. The van der Waals surface area contributed by atoms with Gasteiger partial charge in [-0.3, -0.25) is 10.1 Å². The molecule has 3 aromatic heterocycles. The summed E-state index contributed by atoms with van der Waals surface area (Å²) in [6.07, 6.45) is 4.15. The smallest absolute Gasteiger partial charge is 0.268 e. The van der Waals surface area contributed by atoms with Crippen LogP contribution in [-0.2, 0) is 13.1 Å². The number of hydrogen-bond donors (Lipinski definition) is 4. The molecule has 0 spiro atoms. The molecule has 1 aliphatic heterocycles. The Balaban J connectivity index is 1.34. The van der Waals surface area contributed by atoms with E-state index in [4.69, 9.17) is 9.40 Å². The van der Waals surface area contributed by atoms with Crippen LogP contribution < -0.4 is 16.0 Å². The molecule has 1 saturated heterocycles. The van der Waals surface area contributed by atoms with Gasteiger partial charge < -0.3 is 24.7 Å². The number of aromatic nitrogens is 3. The molecular weight excluding hydrogens is 488 g/mol. The lowest BCUT2D eigenvalue weighted by Gasteiger charge is -2.23. The van der Waals surface area contributed by atoms with Gasteiger partial charge in [0.1, 0.15) is 0 Å². The van der Waals surface area contributed by atoms with Crippen LogP contribution >= 0.6 is 11.3 Å². The van der Waals surface area contributed by atoms with Gasteiger partial charge in [0.05, 0.1) is 39.1 Å².